The molecule has 8 heteroatoms. The van der Waals surface area contributed by atoms with Crippen molar-refractivity contribution in [2.24, 2.45) is 30.7 Å². The SMILES string of the molecule is Cc1ccc(C)c(N=Nc2ccc(N=Nc3ccc(N=Nc4c(C)cc5cc(Nc6ccccc6)ccc5c4O)c4ccccc34)c3cc(C)ccc23)c1. The molecule has 0 unspecified atom stereocenters. The zero-order valence-electron chi connectivity index (χ0n) is 30.4. The molecule has 8 aromatic carbocycles. The number of rotatable bonds is 8. The van der Waals surface area contributed by atoms with Crippen LogP contribution in [-0.4, -0.2) is 5.11 Å². The number of fused-ring (bicyclic) bond motifs is 3. The maximum atomic E-state index is 11.3. The molecule has 0 saturated carbocycles. The molecule has 0 bridgehead atoms. The lowest BCUT2D eigenvalue weighted by Crippen LogP contribution is -1.90. The monoisotopic (exact) mass is 703 g/mol. The summed E-state index contributed by atoms with van der Waals surface area (Å²) >= 11 is 0. The third-order valence-electron chi connectivity index (χ3n) is 9.50. The number of hydrogen-bond acceptors (Lipinski definition) is 8. The van der Waals surface area contributed by atoms with E-state index in [0.29, 0.717) is 22.4 Å². The molecule has 8 rings (SSSR count). The Kier molecular flexibility index (Phi) is 9.15. The molecule has 0 radical (unpaired) electrons. The molecule has 0 atom stereocenters. The van der Waals surface area contributed by atoms with E-state index in [1.54, 1.807) is 0 Å². The van der Waals surface area contributed by atoms with Crippen molar-refractivity contribution in [1.29, 1.82) is 0 Å². The van der Waals surface area contributed by atoms with E-state index in [2.05, 4.69) is 70.0 Å². The number of azo groups is 3. The zero-order valence-corrected chi connectivity index (χ0v) is 30.4. The van der Waals surface area contributed by atoms with Gasteiger partial charge in [0, 0.05) is 38.3 Å². The predicted molar refractivity (Wildman–Crippen MR) is 221 cm³/mol. The molecule has 0 saturated heterocycles. The molecule has 0 aromatic heterocycles. The first-order valence-corrected chi connectivity index (χ1v) is 17.8. The van der Waals surface area contributed by atoms with Gasteiger partial charge in [-0.15, -0.1) is 25.6 Å². The third kappa shape index (κ3) is 6.92. The molecule has 54 heavy (non-hydrogen) atoms. The van der Waals surface area contributed by atoms with Crippen molar-refractivity contribution in [3.8, 4) is 5.75 Å². The number of para-hydroxylation sites is 1. The second kappa shape index (κ2) is 14.5. The minimum absolute atomic E-state index is 0.0926. The maximum absolute atomic E-state index is 11.3. The summed E-state index contributed by atoms with van der Waals surface area (Å²) in [5.41, 5.74) is 10.2. The lowest BCUT2D eigenvalue weighted by Gasteiger charge is -2.11. The Hall–Kier alpha value is -7.06. The highest BCUT2D eigenvalue weighted by molar-refractivity contribution is 6.02. The second-order valence-corrected chi connectivity index (χ2v) is 13.5. The third-order valence-corrected chi connectivity index (χ3v) is 9.50. The maximum Gasteiger partial charge on any atom is 0.151 e. The first-order valence-electron chi connectivity index (χ1n) is 17.8. The highest BCUT2D eigenvalue weighted by Gasteiger charge is 2.13. The number of phenols is 1. The van der Waals surface area contributed by atoms with Gasteiger partial charge < -0.3 is 10.4 Å². The molecule has 0 aliphatic carbocycles. The van der Waals surface area contributed by atoms with Gasteiger partial charge in [-0.05, 0) is 123 Å². The average Bonchev–Trinajstić information content (AvgIpc) is 3.18. The van der Waals surface area contributed by atoms with E-state index in [-0.39, 0.29) is 5.75 Å². The summed E-state index contributed by atoms with van der Waals surface area (Å²) in [7, 11) is 0. The topological polar surface area (TPSA) is 106 Å². The molecule has 0 amide bonds. The molecule has 0 fully saturated rings. The average molecular weight is 704 g/mol. The summed E-state index contributed by atoms with van der Waals surface area (Å²) in [4.78, 5) is 0. The van der Waals surface area contributed by atoms with E-state index in [4.69, 9.17) is 10.2 Å². The van der Waals surface area contributed by atoms with Gasteiger partial charge in [-0.25, -0.2) is 0 Å². The second-order valence-electron chi connectivity index (χ2n) is 13.5. The van der Waals surface area contributed by atoms with Crippen LogP contribution in [0.2, 0.25) is 0 Å². The van der Waals surface area contributed by atoms with Crippen molar-refractivity contribution in [2.75, 3.05) is 5.32 Å². The fraction of sp³-hybridized carbons (Fsp3) is 0.0870. The number of hydrogen-bond donors (Lipinski definition) is 2. The van der Waals surface area contributed by atoms with Crippen LogP contribution in [0.1, 0.15) is 22.3 Å². The van der Waals surface area contributed by atoms with Gasteiger partial charge in [0.15, 0.2) is 5.75 Å². The van der Waals surface area contributed by atoms with Gasteiger partial charge in [0.05, 0.1) is 28.4 Å². The Labute approximate surface area is 313 Å². The van der Waals surface area contributed by atoms with Gasteiger partial charge in [-0.3, -0.25) is 0 Å². The Morgan fingerprint density at radius 3 is 1.61 bits per heavy atom. The van der Waals surface area contributed by atoms with Gasteiger partial charge >= 0.3 is 0 Å². The molecule has 8 nitrogen and oxygen atoms in total. The van der Waals surface area contributed by atoms with Gasteiger partial charge in [0.2, 0.25) is 0 Å². The Morgan fingerprint density at radius 2 is 0.926 bits per heavy atom. The number of aromatic hydroxyl groups is 1. The Morgan fingerprint density at radius 1 is 0.389 bits per heavy atom. The quantitative estimate of drug-likeness (QED) is 0.154. The predicted octanol–water partition coefficient (Wildman–Crippen LogP) is 15.1. The van der Waals surface area contributed by atoms with Crippen LogP contribution in [0.4, 0.5) is 45.5 Å². The van der Waals surface area contributed by atoms with Crippen molar-refractivity contribution in [1.82, 2.24) is 0 Å². The Bertz CT molecular complexity index is 2810. The number of anilines is 2. The van der Waals surface area contributed by atoms with E-state index in [0.717, 1.165) is 77.6 Å². The van der Waals surface area contributed by atoms with E-state index in [1.807, 2.05) is 123 Å². The molecule has 0 spiro atoms. The van der Waals surface area contributed by atoms with Crippen molar-refractivity contribution in [3.05, 3.63) is 162 Å². The van der Waals surface area contributed by atoms with E-state index < -0.39 is 0 Å². The lowest BCUT2D eigenvalue weighted by molar-refractivity contribution is 0.482. The standard InChI is InChI=1S/C46H37N7O/c1-28-15-18-38-39(24-28)43(23-22-42(38)49-52-44-25-29(2)14-16-30(44)3)50-48-40-20-21-41(37-13-9-8-12-36(37)40)51-53-45-31(4)26-32-27-34(17-19-35(32)46(45)54)47-33-10-6-5-7-11-33/h5-27,47,54H,1-4H3. The molecule has 8 aromatic rings. The molecule has 0 aliphatic heterocycles. The summed E-state index contributed by atoms with van der Waals surface area (Å²) in [6, 6.07) is 45.9. The van der Waals surface area contributed by atoms with Crippen LogP contribution in [0.3, 0.4) is 0 Å². The smallest absolute Gasteiger partial charge is 0.151 e. The first kappa shape index (κ1) is 34.0. The fourth-order valence-corrected chi connectivity index (χ4v) is 6.60. The normalized spacial score (nSPS) is 11.9. The summed E-state index contributed by atoms with van der Waals surface area (Å²) in [6.45, 7) is 8.08. The summed E-state index contributed by atoms with van der Waals surface area (Å²) in [5, 5.41) is 47.9. The van der Waals surface area contributed by atoms with Crippen LogP contribution in [0.5, 0.6) is 5.75 Å². The minimum Gasteiger partial charge on any atom is -0.505 e. The molecule has 0 heterocycles. The van der Waals surface area contributed by atoms with Gasteiger partial charge in [0.1, 0.15) is 5.69 Å². The van der Waals surface area contributed by atoms with E-state index in [1.165, 1.54) is 0 Å². The largest absolute Gasteiger partial charge is 0.505 e. The van der Waals surface area contributed by atoms with Gasteiger partial charge in [0.25, 0.3) is 0 Å². The van der Waals surface area contributed by atoms with E-state index >= 15 is 0 Å². The Balaban J connectivity index is 1.09. The van der Waals surface area contributed by atoms with E-state index in [9.17, 15) is 5.11 Å². The lowest BCUT2D eigenvalue weighted by atomic mass is 10.0. The highest BCUT2D eigenvalue weighted by atomic mass is 16.3. The van der Waals surface area contributed by atoms with Gasteiger partial charge in [-0.1, -0.05) is 72.3 Å². The number of benzene rings is 8. The van der Waals surface area contributed by atoms with Crippen LogP contribution in [0, 0.1) is 27.7 Å². The molecule has 262 valence electrons. The molecular formula is C46H37N7O. The minimum atomic E-state index is 0.0926. The number of nitrogens with zero attached hydrogens (tertiary/aromatic N) is 6. The van der Waals surface area contributed by atoms with Crippen LogP contribution in [0.15, 0.2) is 170 Å². The van der Waals surface area contributed by atoms with Gasteiger partial charge in [-0.2, -0.15) is 5.11 Å². The van der Waals surface area contributed by atoms with Crippen LogP contribution in [-0.2, 0) is 0 Å². The zero-order chi connectivity index (χ0) is 37.2. The highest BCUT2D eigenvalue weighted by Crippen LogP contribution is 2.42. The first-order chi connectivity index (χ1) is 26.3. The van der Waals surface area contributed by atoms with Crippen LogP contribution >= 0.6 is 0 Å². The number of aryl methyl sites for hydroxylation is 4. The van der Waals surface area contributed by atoms with Crippen molar-refractivity contribution >= 4 is 77.8 Å². The van der Waals surface area contributed by atoms with Crippen molar-refractivity contribution < 1.29 is 5.11 Å². The van der Waals surface area contributed by atoms with Crippen molar-refractivity contribution in [3.63, 3.8) is 0 Å². The fourth-order valence-electron chi connectivity index (χ4n) is 6.60. The molecule has 2 N–H and O–H groups in total. The summed E-state index contributed by atoms with van der Waals surface area (Å²) < 4.78 is 0. The molecular weight excluding hydrogens is 667 g/mol. The summed E-state index contributed by atoms with van der Waals surface area (Å²) in [6.07, 6.45) is 0. The van der Waals surface area contributed by atoms with Crippen molar-refractivity contribution in [2.45, 2.75) is 27.7 Å². The molecule has 0 aliphatic rings. The van der Waals surface area contributed by atoms with Crippen LogP contribution < -0.4 is 5.32 Å². The summed E-state index contributed by atoms with van der Waals surface area (Å²) in [5.74, 6) is 0.0926. The van der Waals surface area contributed by atoms with Crippen LogP contribution in [0.25, 0.3) is 32.3 Å². The number of phenolic OH excluding ortho intramolecular Hbond substituents is 1. The number of nitrogens with one attached hydrogen (secondary N) is 1.